The van der Waals surface area contributed by atoms with Crippen LogP contribution in [0.4, 0.5) is 0 Å². The number of nitrogens with zero attached hydrogens (tertiary/aromatic N) is 1. The van der Waals surface area contributed by atoms with Crippen molar-refractivity contribution >= 4 is 15.9 Å². The third kappa shape index (κ3) is 3.92. The third-order valence-corrected chi connectivity index (χ3v) is 4.96. The Morgan fingerprint density at radius 1 is 0.880 bits per heavy atom. The molecule has 5 nitrogen and oxygen atoms in total. The van der Waals surface area contributed by atoms with Crippen LogP contribution in [0.25, 0.3) is 11.3 Å². The van der Waals surface area contributed by atoms with Crippen molar-refractivity contribution in [1.29, 1.82) is 0 Å². The second-order valence-corrected chi connectivity index (χ2v) is 7.20. The van der Waals surface area contributed by atoms with Crippen LogP contribution in [-0.4, -0.2) is 19.3 Å². The molecular formula is C19H16N2O3S. The van der Waals surface area contributed by atoms with Crippen LogP contribution in [0.1, 0.15) is 16.1 Å². The molecule has 1 heterocycles. The number of nitrogens with one attached hydrogen (secondary N) is 1. The number of benzene rings is 2. The quantitative estimate of drug-likeness (QED) is 0.782. The van der Waals surface area contributed by atoms with Gasteiger partial charge in [0.1, 0.15) is 5.69 Å². The molecule has 0 aliphatic heterocycles. The lowest BCUT2D eigenvalue weighted by Crippen LogP contribution is -2.31. The largest absolute Gasteiger partial charge is 0.283 e. The molecular weight excluding hydrogens is 336 g/mol. The van der Waals surface area contributed by atoms with Crippen LogP contribution < -0.4 is 4.72 Å². The molecule has 0 bridgehead atoms. The van der Waals surface area contributed by atoms with E-state index in [9.17, 15) is 13.2 Å². The number of rotatable bonds is 4. The summed E-state index contributed by atoms with van der Waals surface area (Å²) < 4.78 is 26.7. The van der Waals surface area contributed by atoms with E-state index in [1.807, 2.05) is 37.3 Å². The Kier molecular flexibility index (Phi) is 4.63. The minimum atomic E-state index is -3.94. The monoisotopic (exact) mass is 352 g/mol. The predicted molar refractivity (Wildman–Crippen MR) is 95.5 cm³/mol. The average Bonchev–Trinajstić information content (AvgIpc) is 2.62. The van der Waals surface area contributed by atoms with Gasteiger partial charge in [-0.1, -0.05) is 54.1 Å². The molecule has 0 spiro atoms. The number of hydrogen-bond acceptors (Lipinski definition) is 4. The Labute approximate surface area is 146 Å². The molecule has 1 N–H and O–H groups in total. The van der Waals surface area contributed by atoms with Gasteiger partial charge in [0.05, 0.1) is 10.6 Å². The van der Waals surface area contributed by atoms with E-state index in [-0.39, 0.29) is 10.6 Å². The molecule has 0 fully saturated rings. The summed E-state index contributed by atoms with van der Waals surface area (Å²) in [6, 6.07) is 20.5. The maximum Gasteiger partial charge on any atom is 0.283 e. The second kappa shape index (κ2) is 6.86. The molecule has 0 unspecified atom stereocenters. The second-order valence-electron chi connectivity index (χ2n) is 5.52. The summed E-state index contributed by atoms with van der Waals surface area (Å²) in [6.45, 7) is 1.86. The normalized spacial score (nSPS) is 11.1. The standard InChI is InChI=1S/C19H16N2O3S/c1-14-10-12-16(13-11-14)25(23,24)21-19(22)18-9-5-8-17(20-18)15-6-3-2-4-7-15/h2-13H,1H3,(H,21,22). The summed E-state index contributed by atoms with van der Waals surface area (Å²) in [5.74, 6) is -0.765. The van der Waals surface area contributed by atoms with Gasteiger partial charge in [-0.25, -0.2) is 18.1 Å². The lowest BCUT2D eigenvalue weighted by atomic mass is 10.1. The molecule has 3 aromatic rings. The number of sulfonamides is 1. The first kappa shape index (κ1) is 16.9. The molecule has 0 atom stereocenters. The number of amides is 1. The van der Waals surface area contributed by atoms with Crippen molar-refractivity contribution in [2.24, 2.45) is 0 Å². The Morgan fingerprint density at radius 3 is 2.24 bits per heavy atom. The Balaban J connectivity index is 1.85. The van der Waals surface area contributed by atoms with Gasteiger partial charge in [-0.15, -0.1) is 0 Å². The van der Waals surface area contributed by atoms with Crippen molar-refractivity contribution in [2.45, 2.75) is 11.8 Å². The lowest BCUT2D eigenvalue weighted by Gasteiger charge is -2.08. The molecule has 25 heavy (non-hydrogen) atoms. The molecule has 0 radical (unpaired) electrons. The van der Waals surface area contributed by atoms with E-state index < -0.39 is 15.9 Å². The zero-order chi connectivity index (χ0) is 17.9. The van der Waals surface area contributed by atoms with Crippen molar-refractivity contribution < 1.29 is 13.2 Å². The van der Waals surface area contributed by atoms with Gasteiger partial charge >= 0.3 is 0 Å². The summed E-state index contributed by atoms with van der Waals surface area (Å²) in [7, 11) is -3.94. The van der Waals surface area contributed by atoms with Crippen molar-refractivity contribution in [1.82, 2.24) is 9.71 Å². The number of carbonyl (C=O) groups excluding carboxylic acids is 1. The van der Waals surface area contributed by atoms with Gasteiger partial charge in [0.15, 0.2) is 0 Å². The number of aromatic nitrogens is 1. The van der Waals surface area contributed by atoms with Crippen LogP contribution in [0.3, 0.4) is 0 Å². The van der Waals surface area contributed by atoms with Crippen LogP contribution in [0.5, 0.6) is 0 Å². The summed E-state index contributed by atoms with van der Waals surface area (Å²) >= 11 is 0. The summed E-state index contributed by atoms with van der Waals surface area (Å²) in [4.78, 5) is 16.6. The van der Waals surface area contributed by atoms with Gasteiger partial charge in [0.25, 0.3) is 15.9 Å². The van der Waals surface area contributed by atoms with Crippen LogP contribution in [0.2, 0.25) is 0 Å². The minimum absolute atomic E-state index is 0.0330. The molecule has 1 aromatic heterocycles. The van der Waals surface area contributed by atoms with Gasteiger partial charge in [0.2, 0.25) is 0 Å². The smallest absolute Gasteiger partial charge is 0.266 e. The Hall–Kier alpha value is -2.99. The number of pyridine rings is 1. The molecule has 2 aromatic carbocycles. The molecule has 0 aliphatic carbocycles. The first-order valence-corrected chi connectivity index (χ1v) is 9.10. The SMILES string of the molecule is Cc1ccc(S(=O)(=O)NC(=O)c2cccc(-c3ccccc3)n2)cc1. The number of hydrogen-bond donors (Lipinski definition) is 1. The molecule has 6 heteroatoms. The highest BCUT2D eigenvalue weighted by Gasteiger charge is 2.19. The van der Waals surface area contributed by atoms with E-state index in [4.69, 9.17) is 0 Å². The minimum Gasteiger partial charge on any atom is -0.266 e. The average molecular weight is 352 g/mol. The van der Waals surface area contributed by atoms with E-state index in [0.29, 0.717) is 5.69 Å². The van der Waals surface area contributed by atoms with Crippen LogP contribution in [0, 0.1) is 6.92 Å². The zero-order valence-corrected chi connectivity index (χ0v) is 14.3. The first-order chi connectivity index (χ1) is 12.0. The first-order valence-electron chi connectivity index (χ1n) is 7.62. The fourth-order valence-corrected chi connectivity index (χ4v) is 3.24. The van der Waals surface area contributed by atoms with Gasteiger partial charge in [-0.3, -0.25) is 4.79 Å². The number of carbonyl (C=O) groups is 1. The molecule has 3 rings (SSSR count). The van der Waals surface area contributed by atoms with Crippen molar-refractivity contribution in [3.63, 3.8) is 0 Å². The highest BCUT2D eigenvalue weighted by atomic mass is 32.2. The van der Waals surface area contributed by atoms with Crippen molar-refractivity contribution in [3.8, 4) is 11.3 Å². The highest BCUT2D eigenvalue weighted by Crippen LogP contribution is 2.17. The fourth-order valence-electron chi connectivity index (χ4n) is 2.28. The summed E-state index contributed by atoms with van der Waals surface area (Å²) in [6.07, 6.45) is 0. The van der Waals surface area contributed by atoms with E-state index in [1.54, 1.807) is 24.3 Å². The van der Waals surface area contributed by atoms with Gasteiger partial charge < -0.3 is 0 Å². The Bertz CT molecular complexity index is 998. The fraction of sp³-hybridized carbons (Fsp3) is 0.0526. The molecule has 0 saturated heterocycles. The molecule has 126 valence electrons. The predicted octanol–water partition coefficient (Wildman–Crippen LogP) is 3.18. The van der Waals surface area contributed by atoms with E-state index in [1.165, 1.54) is 18.2 Å². The highest BCUT2D eigenvalue weighted by molar-refractivity contribution is 7.90. The summed E-state index contributed by atoms with van der Waals surface area (Å²) in [5, 5.41) is 0. The van der Waals surface area contributed by atoms with Gasteiger partial charge in [-0.2, -0.15) is 0 Å². The third-order valence-electron chi connectivity index (χ3n) is 3.61. The molecule has 0 saturated carbocycles. The van der Waals surface area contributed by atoms with E-state index >= 15 is 0 Å². The van der Waals surface area contributed by atoms with Crippen LogP contribution in [0.15, 0.2) is 77.7 Å². The number of aryl methyl sites for hydroxylation is 1. The van der Waals surface area contributed by atoms with Crippen LogP contribution >= 0.6 is 0 Å². The van der Waals surface area contributed by atoms with E-state index in [0.717, 1.165) is 11.1 Å². The summed E-state index contributed by atoms with van der Waals surface area (Å²) in [5.41, 5.74) is 2.42. The van der Waals surface area contributed by atoms with Crippen LogP contribution in [-0.2, 0) is 10.0 Å². The topological polar surface area (TPSA) is 76.1 Å². The van der Waals surface area contributed by atoms with Gasteiger partial charge in [-0.05, 0) is 31.2 Å². The molecule has 1 amide bonds. The maximum atomic E-state index is 12.3. The van der Waals surface area contributed by atoms with Crippen molar-refractivity contribution in [2.75, 3.05) is 0 Å². The zero-order valence-electron chi connectivity index (χ0n) is 13.5. The molecule has 0 aliphatic rings. The van der Waals surface area contributed by atoms with Crippen molar-refractivity contribution in [3.05, 3.63) is 84.1 Å². The van der Waals surface area contributed by atoms with E-state index in [2.05, 4.69) is 9.71 Å². The van der Waals surface area contributed by atoms with Gasteiger partial charge in [0, 0.05) is 5.56 Å². The Morgan fingerprint density at radius 2 is 1.56 bits per heavy atom. The lowest BCUT2D eigenvalue weighted by molar-refractivity contribution is 0.0976. The maximum absolute atomic E-state index is 12.3.